The molecule has 0 amide bonds. The molecule has 6 nitrogen and oxygen atoms in total. The average molecular weight is 122 g/mol. The molecule has 0 saturated heterocycles. The number of tetrazole rings is 1. The summed E-state index contributed by atoms with van der Waals surface area (Å²) in [5, 5.41) is 10.5. The number of aromatic nitrogens is 6. The van der Waals surface area contributed by atoms with Crippen LogP contribution in [0.5, 0.6) is 0 Å². The third-order valence-corrected chi connectivity index (χ3v) is 0.891. The van der Waals surface area contributed by atoms with Crippen molar-refractivity contribution >= 4 is 5.78 Å². The maximum Gasteiger partial charge on any atom is 0.276 e. The van der Waals surface area contributed by atoms with Crippen LogP contribution < -0.4 is 0 Å². The van der Waals surface area contributed by atoms with E-state index in [1.807, 2.05) is 0 Å². The summed E-state index contributed by atoms with van der Waals surface area (Å²) in [6, 6.07) is 0. The Bertz CT molecular complexity index is 282. The van der Waals surface area contributed by atoms with E-state index in [9.17, 15) is 0 Å². The molecular weight excluding hydrogens is 120 g/mol. The van der Waals surface area contributed by atoms with Gasteiger partial charge in [-0.25, -0.2) is 4.98 Å². The van der Waals surface area contributed by atoms with Gasteiger partial charge in [-0.1, -0.05) is 5.10 Å². The Morgan fingerprint density at radius 1 is 1.44 bits per heavy atom. The summed E-state index contributed by atoms with van der Waals surface area (Å²) in [5.74, 6) is 0.463. The molecule has 0 saturated carbocycles. The molecule has 2 rings (SSSR count). The van der Waals surface area contributed by atoms with Gasteiger partial charge in [0.1, 0.15) is 12.7 Å². The van der Waals surface area contributed by atoms with Crippen molar-refractivity contribution in [2.24, 2.45) is 0 Å². The van der Waals surface area contributed by atoms with Crippen LogP contribution in [0, 0.1) is 0 Å². The van der Waals surface area contributed by atoms with Crippen molar-refractivity contribution in [3.8, 4) is 0 Å². The highest BCUT2D eigenvalue weighted by atomic mass is 15.5. The first-order chi connectivity index (χ1) is 4.47. The van der Waals surface area contributed by atoms with Crippen LogP contribution in [-0.4, -0.2) is 30.0 Å². The molecule has 0 aliphatic heterocycles. The topological polar surface area (TPSA) is 68.9 Å². The predicted molar refractivity (Wildman–Crippen MR) is 26.4 cm³/mol. The van der Waals surface area contributed by atoms with E-state index in [1.165, 1.54) is 17.2 Å². The minimum Gasteiger partial charge on any atom is -0.225 e. The molecule has 9 heavy (non-hydrogen) atoms. The molecule has 6 heteroatoms. The Balaban J connectivity index is 2.95. The van der Waals surface area contributed by atoms with Gasteiger partial charge in [-0.3, -0.25) is 0 Å². The lowest BCUT2D eigenvalue weighted by Crippen LogP contribution is -1.90. The van der Waals surface area contributed by atoms with Crippen molar-refractivity contribution in [2.75, 3.05) is 0 Å². The quantitative estimate of drug-likeness (QED) is 0.444. The Hall–Kier alpha value is -1.59. The fourth-order valence-corrected chi connectivity index (χ4v) is 0.527. The molecule has 0 atom stereocenters. The zero-order chi connectivity index (χ0) is 6.10. The van der Waals surface area contributed by atoms with E-state index in [0.717, 1.165) is 0 Å². The van der Waals surface area contributed by atoms with Gasteiger partial charge in [-0.2, -0.15) is 9.50 Å². The molecule has 0 radical (unpaired) electrons. The minimum atomic E-state index is 0.463. The first-order valence-corrected chi connectivity index (χ1v) is 2.30. The molecule has 44 valence electrons. The maximum absolute atomic E-state index is 3.76. The monoisotopic (exact) mass is 122 g/mol. The van der Waals surface area contributed by atoms with Crippen molar-refractivity contribution in [1.82, 2.24) is 30.0 Å². The van der Waals surface area contributed by atoms with Gasteiger partial charge >= 0.3 is 0 Å². The van der Waals surface area contributed by atoms with Gasteiger partial charge in [0.2, 0.25) is 0 Å². The molecule has 2 aromatic rings. The summed E-state index contributed by atoms with van der Waals surface area (Å²) in [4.78, 5) is 7.45. The molecule has 0 spiro atoms. The molecule has 0 bridgehead atoms. The predicted octanol–water partition coefficient (Wildman–Crippen LogP) is -1.09. The summed E-state index contributed by atoms with van der Waals surface area (Å²) in [6.07, 6.45) is 2.88. The van der Waals surface area contributed by atoms with Crippen molar-refractivity contribution < 1.29 is 0 Å². The van der Waals surface area contributed by atoms with E-state index in [-0.39, 0.29) is 0 Å². The van der Waals surface area contributed by atoms with Gasteiger partial charge in [-0.05, 0) is 10.4 Å². The first kappa shape index (κ1) is 4.30. The van der Waals surface area contributed by atoms with Gasteiger partial charge in [0.25, 0.3) is 5.78 Å². The highest BCUT2D eigenvalue weighted by molar-refractivity contribution is 5.17. The highest BCUT2D eigenvalue weighted by Gasteiger charge is 1.91. The number of nitrogens with zero attached hydrogens (tertiary/aromatic N) is 6. The van der Waals surface area contributed by atoms with Gasteiger partial charge in [0.15, 0.2) is 0 Å². The molecule has 2 heterocycles. The maximum atomic E-state index is 3.76. The molecule has 0 unspecified atom stereocenters. The Labute approximate surface area is 49.6 Å². The van der Waals surface area contributed by atoms with Crippen LogP contribution in [-0.2, 0) is 0 Å². The zero-order valence-corrected chi connectivity index (χ0v) is 4.34. The van der Waals surface area contributed by atoms with Crippen LogP contribution in [0.3, 0.4) is 0 Å². The van der Waals surface area contributed by atoms with Gasteiger partial charge in [0, 0.05) is 0 Å². The lowest BCUT2D eigenvalue weighted by molar-refractivity contribution is 0.803. The van der Waals surface area contributed by atoms with Crippen molar-refractivity contribution in [3.63, 3.8) is 0 Å². The van der Waals surface area contributed by atoms with E-state index in [0.29, 0.717) is 5.78 Å². The normalized spacial score (nSPS) is 10.2. The van der Waals surface area contributed by atoms with E-state index in [1.54, 1.807) is 0 Å². The SMILES string of the molecule is c1ncn2nnnc2n1. The smallest absolute Gasteiger partial charge is 0.225 e. The Kier molecular flexibility index (Phi) is 0.689. The number of hydrogen-bond donors (Lipinski definition) is 0. The summed E-state index contributed by atoms with van der Waals surface area (Å²) in [6.45, 7) is 0. The van der Waals surface area contributed by atoms with Crippen molar-refractivity contribution in [1.29, 1.82) is 0 Å². The van der Waals surface area contributed by atoms with E-state index in [2.05, 4.69) is 25.5 Å². The average Bonchev–Trinajstić information content (AvgIpc) is 2.33. The number of rotatable bonds is 0. The number of fused-ring (bicyclic) bond motifs is 1. The molecule has 0 aliphatic carbocycles. The van der Waals surface area contributed by atoms with Crippen molar-refractivity contribution in [3.05, 3.63) is 12.7 Å². The second-order valence-electron chi connectivity index (χ2n) is 1.43. The standard InChI is InChI=1S/C3H2N6/c1-4-2-9-3(5-1)6-7-8-9/h1-2H. The van der Waals surface area contributed by atoms with Crippen molar-refractivity contribution in [2.45, 2.75) is 0 Å². The second-order valence-corrected chi connectivity index (χ2v) is 1.43. The largest absolute Gasteiger partial charge is 0.276 e. The number of hydrogen-bond acceptors (Lipinski definition) is 5. The fourth-order valence-electron chi connectivity index (χ4n) is 0.527. The van der Waals surface area contributed by atoms with Crippen LogP contribution >= 0.6 is 0 Å². The Morgan fingerprint density at radius 3 is 3.33 bits per heavy atom. The first-order valence-electron chi connectivity index (χ1n) is 2.30. The zero-order valence-electron chi connectivity index (χ0n) is 4.34. The molecule has 2 aromatic heterocycles. The van der Waals surface area contributed by atoms with E-state index < -0.39 is 0 Å². The third-order valence-electron chi connectivity index (χ3n) is 0.891. The second kappa shape index (κ2) is 1.44. The Morgan fingerprint density at radius 2 is 2.44 bits per heavy atom. The minimum absolute atomic E-state index is 0.463. The lowest BCUT2D eigenvalue weighted by Gasteiger charge is -1.80. The van der Waals surface area contributed by atoms with Crippen LogP contribution in [0.1, 0.15) is 0 Å². The summed E-state index contributed by atoms with van der Waals surface area (Å²) < 4.78 is 1.39. The van der Waals surface area contributed by atoms with Gasteiger partial charge in [-0.15, -0.1) is 0 Å². The van der Waals surface area contributed by atoms with Crippen LogP contribution in [0.15, 0.2) is 12.7 Å². The molecule has 0 aromatic carbocycles. The van der Waals surface area contributed by atoms with Crippen LogP contribution in [0.2, 0.25) is 0 Å². The third kappa shape index (κ3) is 0.525. The van der Waals surface area contributed by atoms with Gasteiger partial charge < -0.3 is 0 Å². The summed E-state index contributed by atoms with van der Waals surface area (Å²) in [5.41, 5.74) is 0. The lowest BCUT2D eigenvalue weighted by atomic mass is 11.0. The van der Waals surface area contributed by atoms with Crippen LogP contribution in [0.25, 0.3) is 5.78 Å². The fraction of sp³-hybridized carbons (Fsp3) is 0. The molecular formula is C3H2N6. The van der Waals surface area contributed by atoms with Gasteiger partial charge in [0.05, 0.1) is 0 Å². The van der Waals surface area contributed by atoms with E-state index in [4.69, 9.17) is 0 Å². The van der Waals surface area contributed by atoms with E-state index >= 15 is 0 Å². The molecule has 0 fully saturated rings. The molecule has 0 N–H and O–H groups in total. The summed E-state index contributed by atoms with van der Waals surface area (Å²) >= 11 is 0. The highest BCUT2D eigenvalue weighted by Crippen LogP contribution is 1.82. The summed E-state index contributed by atoms with van der Waals surface area (Å²) in [7, 11) is 0. The van der Waals surface area contributed by atoms with Crippen LogP contribution in [0.4, 0.5) is 0 Å². The molecule has 0 aliphatic rings.